The van der Waals surface area contributed by atoms with Gasteiger partial charge in [0.2, 0.25) is 0 Å². The Kier molecular flexibility index (Phi) is 5.62. The number of hydrogen-bond acceptors (Lipinski definition) is 1. The van der Waals surface area contributed by atoms with Crippen molar-refractivity contribution in [3.05, 3.63) is 0 Å². The molecule has 2 unspecified atom stereocenters. The predicted molar refractivity (Wildman–Crippen MR) is 61.0 cm³/mol. The van der Waals surface area contributed by atoms with Crippen molar-refractivity contribution in [3.63, 3.8) is 0 Å². The van der Waals surface area contributed by atoms with Crippen LogP contribution in [0.2, 0.25) is 0 Å². The van der Waals surface area contributed by atoms with Gasteiger partial charge in [-0.15, -0.1) is 0 Å². The quantitative estimate of drug-likeness (QED) is 0.668. The first kappa shape index (κ1) is 13.0. The monoisotopic (exact) mass is 185 g/mol. The first-order chi connectivity index (χ1) is 5.99. The fourth-order valence-electron chi connectivity index (χ4n) is 1.92. The average Bonchev–Trinajstić information content (AvgIpc) is 2.12. The van der Waals surface area contributed by atoms with E-state index in [1.807, 2.05) is 0 Å². The molecule has 0 aliphatic heterocycles. The van der Waals surface area contributed by atoms with E-state index in [0.717, 1.165) is 12.5 Å². The van der Waals surface area contributed by atoms with E-state index in [0.29, 0.717) is 11.5 Å². The summed E-state index contributed by atoms with van der Waals surface area (Å²) in [6, 6.07) is 0.660. The molecule has 0 spiro atoms. The largest absolute Gasteiger partial charge is 0.313 e. The lowest BCUT2D eigenvalue weighted by atomic mass is 9.75. The van der Waals surface area contributed by atoms with Gasteiger partial charge < -0.3 is 5.32 Å². The second-order valence-electron chi connectivity index (χ2n) is 4.76. The smallest absolute Gasteiger partial charge is 0.0143 e. The van der Waals surface area contributed by atoms with Gasteiger partial charge in [-0.3, -0.25) is 0 Å². The highest BCUT2D eigenvalue weighted by molar-refractivity contribution is 4.86. The Morgan fingerprint density at radius 3 is 2.00 bits per heavy atom. The van der Waals surface area contributed by atoms with Crippen molar-refractivity contribution in [3.8, 4) is 0 Å². The fourth-order valence-corrected chi connectivity index (χ4v) is 1.92. The molecule has 0 amide bonds. The maximum absolute atomic E-state index is 3.62. The molecule has 0 radical (unpaired) electrons. The van der Waals surface area contributed by atoms with Crippen molar-refractivity contribution in [2.24, 2.45) is 11.3 Å². The van der Waals surface area contributed by atoms with E-state index in [-0.39, 0.29) is 0 Å². The van der Waals surface area contributed by atoms with Crippen LogP contribution in [0.15, 0.2) is 0 Å². The molecule has 0 bridgehead atoms. The van der Waals surface area contributed by atoms with Gasteiger partial charge in [0.05, 0.1) is 0 Å². The van der Waals surface area contributed by atoms with Gasteiger partial charge in [-0.1, -0.05) is 48.0 Å². The van der Waals surface area contributed by atoms with Crippen LogP contribution in [0.1, 0.15) is 54.4 Å². The molecule has 0 saturated carbocycles. The Labute approximate surface area is 84.3 Å². The van der Waals surface area contributed by atoms with Crippen LogP contribution in [-0.4, -0.2) is 12.6 Å². The fraction of sp³-hybridized carbons (Fsp3) is 1.00. The van der Waals surface area contributed by atoms with Gasteiger partial charge in [-0.05, 0) is 24.3 Å². The molecule has 0 aromatic heterocycles. The van der Waals surface area contributed by atoms with Crippen LogP contribution >= 0.6 is 0 Å². The highest BCUT2D eigenvalue weighted by atomic mass is 14.9. The van der Waals surface area contributed by atoms with E-state index in [9.17, 15) is 0 Å². The molecule has 0 aliphatic rings. The lowest BCUT2D eigenvalue weighted by molar-refractivity contribution is 0.174. The maximum Gasteiger partial charge on any atom is 0.0143 e. The zero-order valence-electron chi connectivity index (χ0n) is 10.3. The van der Waals surface area contributed by atoms with Gasteiger partial charge in [0, 0.05) is 6.04 Å². The molecule has 0 aromatic rings. The maximum atomic E-state index is 3.62. The summed E-state index contributed by atoms with van der Waals surface area (Å²) in [6.07, 6.45) is 2.51. The second-order valence-corrected chi connectivity index (χ2v) is 4.76. The second kappa shape index (κ2) is 5.64. The van der Waals surface area contributed by atoms with Crippen LogP contribution in [0, 0.1) is 11.3 Å². The summed E-state index contributed by atoms with van der Waals surface area (Å²) in [5.74, 6) is 0.773. The van der Waals surface area contributed by atoms with Gasteiger partial charge in [0.25, 0.3) is 0 Å². The first-order valence-electron chi connectivity index (χ1n) is 5.72. The highest BCUT2D eigenvalue weighted by Gasteiger charge is 2.30. The Morgan fingerprint density at radius 2 is 1.69 bits per heavy atom. The molecule has 0 fully saturated rings. The number of rotatable bonds is 6. The molecule has 0 heterocycles. The van der Waals surface area contributed by atoms with Gasteiger partial charge in [0.1, 0.15) is 0 Å². The number of hydrogen-bond donors (Lipinski definition) is 1. The average molecular weight is 185 g/mol. The zero-order valence-corrected chi connectivity index (χ0v) is 10.3. The summed E-state index contributed by atoms with van der Waals surface area (Å²) in [4.78, 5) is 0. The van der Waals surface area contributed by atoms with Gasteiger partial charge in [-0.2, -0.15) is 0 Å². The number of nitrogens with one attached hydrogen (secondary N) is 1. The van der Waals surface area contributed by atoms with E-state index >= 15 is 0 Å². The summed E-state index contributed by atoms with van der Waals surface area (Å²) in [7, 11) is 0. The Bertz CT molecular complexity index is 129. The lowest BCUT2D eigenvalue weighted by Gasteiger charge is -2.38. The van der Waals surface area contributed by atoms with Gasteiger partial charge in [0.15, 0.2) is 0 Å². The van der Waals surface area contributed by atoms with E-state index < -0.39 is 0 Å². The Balaban J connectivity index is 4.39. The molecule has 0 saturated heterocycles. The van der Waals surface area contributed by atoms with Crippen molar-refractivity contribution in [1.82, 2.24) is 5.32 Å². The van der Waals surface area contributed by atoms with Crippen molar-refractivity contribution in [2.45, 2.75) is 60.4 Å². The van der Waals surface area contributed by atoms with Crippen LogP contribution in [-0.2, 0) is 0 Å². The summed E-state index contributed by atoms with van der Waals surface area (Å²) >= 11 is 0. The minimum Gasteiger partial charge on any atom is -0.313 e. The normalized spacial score (nSPS) is 17.1. The molecule has 80 valence electrons. The molecular formula is C12H27N. The standard InChI is InChI=1S/C12H27N/c1-7-10(4)11(13-9-3)12(5,6)8-2/h10-11,13H,7-9H2,1-6H3. The van der Waals surface area contributed by atoms with Crippen molar-refractivity contribution >= 4 is 0 Å². The molecule has 1 N–H and O–H groups in total. The Morgan fingerprint density at radius 1 is 1.15 bits per heavy atom. The highest BCUT2D eigenvalue weighted by Crippen LogP contribution is 2.30. The zero-order chi connectivity index (χ0) is 10.5. The molecule has 0 aliphatic carbocycles. The topological polar surface area (TPSA) is 12.0 Å². The SMILES string of the molecule is CCNC(C(C)CC)C(C)(C)CC. The molecular weight excluding hydrogens is 158 g/mol. The molecule has 0 aromatic carbocycles. The van der Waals surface area contributed by atoms with Crippen molar-refractivity contribution in [1.29, 1.82) is 0 Å². The van der Waals surface area contributed by atoms with Crippen molar-refractivity contribution in [2.75, 3.05) is 6.54 Å². The van der Waals surface area contributed by atoms with E-state index in [4.69, 9.17) is 0 Å². The minimum absolute atomic E-state index is 0.422. The molecule has 0 rings (SSSR count). The van der Waals surface area contributed by atoms with E-state index in [1.165, 1.54) is 12.8 Å². The third kappa shape index (κ3) is 3.68. The third-order valence-corrected chi connectivity index (χ3v) is 3.39. The van der Waals surface area contributed by atoms with Crippen LogP contribution in [0.5, 0.6) is 0 Å². The summed E-state index contributed by atoms with van der Waals surface area (Å²) in [5, 5.41) is 3.62. The lowest BCUT2D eigenvalue weighted by Crippen LogP contribution is -2.46. The summed E-state index contributed by atoms with van der Waals surface area (Å²) in [6.45, 7) is 14.9. The van der Waals surface area contributed by atoms with Crippen LogP contribution in [0.3, 0.4) is 0 Å². The van der Waals surface area contributed by atoms with E-state index in [2.05, 4.69) is 46.9 Å². The molecule has 2 atom stereocenters. The third-order valence-electron chi connectivity index (χ3n) is 3.39. The van der Waals surface area contributed by atoms with Crippen LogP contribution in [0.4, 0.5) is 0 Å². The van der Waals surface area contributed by atoms with Crippen molar-refractivity contribution < 1.29 is 0 Å². The van der Waals surface area contributed by atoms with E-state index in [1.54, 1.807) is 0 Å². The summed E-state index contributed by atoms with van der Waals surface area (Å²) in [5.41, 5.74) is 0.422. The Hall–Kier alpha value is -0.0400. The predicted octanol–water partition coefficient (Wildman–Crippen LogP) is 3.45. The summed E-state index contributed by atoms with van der Waals surface area (Å²) < 4.78 is 0. The van der Waals surface area contributed by atoms with Gasteiger partial charge in [-0.25, -0.2) is 0 Å². The molecule has 1 heteroatoms. The first-order valence-corrected chi connectivity index (χ1v) is 5.72. The minimum atomic E-state index is 0.422. The van der Waals surface area contributed by atoms with Gasteiger partial charge >= 0.3 is 0 Å². The van der Waals surface area contributed by atoms with Crippen LogP contribution in [0.25, 0.3) is 0 Å². The van der Waals surface area contributed by atoms with Crippen LogP contribution < -0.4 is 5.32 Å². The molecule has 13 heavy (non-hydrogen) atoms. The molecule has 1 nitrogen and oxygen atoms in total.